The van der Waals surface area contributed by atoms with Crippen LogP contribution in [0.3, 0.4) is 0 Å². The van der Waals surface area contributed by atoms with Gasteiger partial charge in [0.2, 0.25) is 5.91 Å². The predicted molar refractivity (Wildman–Crippen MR) is 62.1 cm³/mol. The van der Waals surface area contributed by atoms with Crippen molar-refractivity contribution in [1.82, 2.24) is 10.6 Å². The van der Waals surface area contributed by atoms with E-state index in [2.05, 4.69) is 10.6 Å². The summed E-state index contributed by atoms with van der Waals surface area (Å²) in [7, 11) is 0. The first kappa shape index (κ1) is 14.9. The molecule has 1 unspecified atom stereocenters. The molecule has 1 amide bonds. The Morgan fingerprint density at radius 2 is 1.75 bits per heavy atom. The van der Waals surface area contributed by atoms with E-state index in [9.17, 15) is 9.59 Å². The fourth-order valence-corrected chi connectivity index (χ4v) is 1.19. The molecule has 16 heavy (non-hydrogen) atoms. The second-order valence-electron chi connectivity index (χ2n) is 4.53. The van der Waals surface area contributed by atoms with Gasteiger partial charge < -0.3 is 15.7 Å². The topological polar surface area (TPSA) is 78.4 Å². The maximum Gasteiger partial charge on any atom is 0.308 e. The first-order valence-corrected chi connectivity index (χ1v) is 5.57. The Morgan fingerprint density at radius 1 is 1.19 bits per heavy atom. The molecule has 5 heteroatoms. The Bertz CT molecular complexity index is 239. The number of amides is 1. The van der Waals surface area contributed by atoms with Gasteiger partial charge in [-0.15, -0.1) is 0 Å². The summed E-state index contributed by atoms with van der Waals surface area (Å²) in [5.41, 5.74) is 0. The van der Waals surface area contributed by atoms with E-state index in [0.717, 1.165) is 0 Å². The summed E-state index contributed by atoms with van der Waals surface area (Å²) in [4.78, 5) is 22.2. The first-order valence-electron chi connectivity index (χ1n) is 5.57. The molecule has 0 radical (unpaired) electrons. The molecule has 0 saturated carbocycles. The molecule has 0 heterocycles. The van der Waals surface area contributed by atoms with E-state index in [-0.39, 0.29) is 31.0 Å². The standard InChI is InChI=1S/C11H22N2O3/c1-7(2)9(11(15)16)5-13-10(14)6-12-8(3)4/h7-9,12H,5-6H2,1-4H3,(H,13,14)(H,15,16). The molecular formula is C11H22N2O3. The lowest BCUT2D eigenvalue weighted by molar-refractivity contribution is -0.143. The zero-order chi connectivity index (χ0) is 12.7. The predicted octanol–water partition coefficient (Wildman–Crippen LogP) is 0.457. The lowest BCUT2D eigenvalue weighted by atomic mass is 9.96. The summed E-state index contributed by atoms with van der Waals surface area (Å²) in [6, 6.07) is 0.242. The largest absolute Gasteiger partial charge is 0.481 e. The summed E-state index contributed by atoms with van der Waals surface area (Å²) >= 11 is 0. The fourth-order valence-electron chi connectivity index (χ4n) is 1.19. The highest BCUT2D eigenvalue weighted by Gasteiger charge is 2.21. The van der Waals surface area contributed by atoms with Gasteiger partial charge in [0, 0.05) is 12.6 Å². The van der Waals surface area contributed by atoms with Crippen LogP contribution in [-0.2, 0) is 9.59 Å². The van der Waals surface area contributed by atoms with E-state index in [1.807, 2.05) is 27.7 Å². The van der Waals surface area contributed by atoms with Gasteiger partial charge in [-0.25, -0.2) is 0 Å². The minimum Gasteiger partial charge on any atom is -0.481 e. The van der Waals surface area contributed by atoms with Gasteiger partial charge in [0.1, 0.15) is 0 Å². The molecule has 0 aliphatic heterocycles. The van der Waals surface area contributed by atoms with Gasteiger partial charge in [0.15, 0.2) is 0 Å². The van der Waals surface area contributed by atoms with Gasteiger partial charge in [0.25, 0.3) is 0 Å². The second-order valence-corrected chi connectivity index (χ2v) is 4.53. The zero-order valence-electron chi connectivity index (χ0n) is 10.4. The summed E-state index contributed by atoms with van der Waals surface area (Å²) in [5.74, 6) is -1.55. The van der Waals surface area contributed by atoms with Gasteiger partial charge in [-0.1, -0.05) is 27.7 Å². The normalized spacial score (nSPS) is 12.9. The van der Waals surface area contributed by atoms with E-state index in [1.165, 1.54) is 0 Å². The maximum absolute atomic E-state index is 11.3. The molecule has 0 saturated heterocycles. The second kappa shape index (κ2) is 7.22. The van der Waals surface area contributed by atoms with E-state index in [4.69, 9.17) is 5.11 Å². The molecule has 5 nitrogen and oxygen atoms in total. The van der Waals surface area contributed by atoms with Crippen molar-refractivity contribution in [2.24, 2.45) is 11.8 Å². The van der Waals surface area contributed by atoms with Gasteiger partial charge in [-0.3, -0.25) is 9.59 Å². The van der Waals surface area contributed by atoms with Crippen molar-refractivity contribution in [2.75, 3.05) is 13.1 Å². The van der Waals surface area contributed by atoms with Crippen LogP contribution in [0.1, 0.15) is 27.7 Å². The van der Waals surface area contributed by atoms with Crippen molar-refractivity contribution in [3.8, 4) is 0 Å². The number of carbonyl (C=O) groups is 2. The zero-order valence-corrected chi connectivity index (χ0v) is 10.4. The molecule has 0 fully saturated rings. The van der Waals surface area contributed by atoms with Crippen LogP contribution < -0.4 is 10.6 Å². The molecule has 0 aliphatic carbocycles. The quantitative estimate of drug-likeness (QED) is 0.593. The number of carboxylic acids is 1. The smallest absolute Gasteiger partial charge is 0.308 e. The van der Waals surface area contributed by atoms with Crippen LogP contribution in [0.15, 0.2) is 0 Å². The summed E-state index contributed by atoms with van der Waals surface area (Å²) in [6.07, 6.45) is 0. The van der Waals surface area contributed by atoms with Crippen molar-refractivity contribution >= 4 is 11.9 Å². The van der Waals surface area contributed by atoms with Crippen molar-refractivity contribution < 1.29 is 14.7 Å². The minimum atomic E-state index is -0.868. The lowest BCUT2D eigenvalue weighted by Crippen LogP contribution is -2.41. The highest BCUT2D eigenvalue weighted by Crippen LogP contribution is 2.09. The van der Waals surface area contributed by atoms with Crippen LogP contribution in [0.4, 0.5) is 0 Å². The Morgan fingerprint density at radius 3 is 2.12 bits per heavy atom. The third-order valence-electron chi connectivity index (χ3n) is 2.31. The summed E-state index contributed by atoms with van der Waals surface area (Å²) < 4.78 is 0. The maximum atomic E-state index is 11.3. The number of carboxylic acid groups (broad SMARTS) is 1. The third-order valence-corrected chi connectivity index (χ3v) is 2.31. The molecule has 0 bridgehead atoms. The molecule has 94 valence electrons. The Kier molecular flexibility index (Phi) is 6.72. The minimum absolute atomic E-state index is 0.0101. The fraction of sp³-hybridized carbons (Fsp3) is 0.818. The summed E-state index contributed by atoms with van der Waals surface area (Å²) in [5, 5.41) is 14.5. The lowest BCUT2D eigenvalue weighted by Gasteiger charge is -2.17. The Balaban J connectivity index is 3.93. The molecule has 0 aromatic heterocycles. The van der Waals surface area contributed by atoms with Gasteiger partial charge in [-0.05, 0) is 5.92 Å². The number of nitrogens with one attached hydrogen (secondary N) is 2. The molecular weight excluding hydrogens is 208 g/mol. The first-order chi connectivity index (χ1) is 7.34. The van der Waals surface area contributed by atoms with Crippen LogP contribution in [0.2, 0.25) is 0 Å². The molecule has 0 aromatic carbocycles. The van der Waals surface area contributed by atoms with Crippen molar-refractivity contribution in [1.29, 1.82) is 0 Å². The van der Waals surface area contributed by atoms with Crippen molar-refractivity contribution in [3.05, 3.63) is 0 Å². The average Bonchev–Trinajstić information content (AvgIpc) is 2.13. The van der Waals surface area contributed by atoms with Crippen molar-refractivity contribution in [3.63, 3.8) is 0 Å². The average molecular weight is 230 g/mol. The van der Waals surface area contributed by atoms with Crippen LogP contribution in [0, 0.1) is 11.8 Å². The van der Waals surface area contributed by atoms with Gasteiger partial charge >= 0.3 is 5.97 Å². The number of rotatable bonds is 7. The van der Waals surface area contributed by atoms with Crippen LogP contribution in [-0.4, -0.2) is 36.1 Å². The van der Waals surface area contributed by atoms with Gasteiger partial charge in [0.05, 0.1) is 12.5 Å². The van der Waals surface area contributed by atoms with Crippen molar-refractivity contribution in [2.45, 2.75) is 33.7 Å². The molecule has 0 aliphatic rings. The Hall–Kier alpha value is -1.10. The third kappa shape index (κ3) is 6.40. The number of aliphatic carboxylic acids is 1. The van der Waals surface area contributed by atoms with E-state index >= 15 is 0 Å². The van der Waals surface area contributed by atoms with E-state index < -0.39 is 11.9 Å². The molecule has 0 spiro atoms. The number of hydrogen-bond donors (Lipinski definition) is 3. The van der Waals surface area contributed by atoms with Crippen LogP contribution >= 0.6 is 0 Å². The van der Waals surface area contributed by atoms with Crippen LogP contribution in [0.5, 0.6) is 0 Å². The molecule has 0 rings (SSSR count). The Labute approximate surface area is 96.6 Å². The van der Waals surface area contributed by atoms with E-state index in [0.29, 0.717) is 0 Å². The van der Waals surface area contributed by atoms with Crippen LogP contribution in [0.25, 0.3) is 0 Å². The van der Waals surface area contributed by atoms with Gasteiger partial charge in [-0.2, -0.15) is 0 Å². The number of hydrogen-bond acceptors (Lipinski definition) is 3. The highest BCUT2D eigenvalue weighted by molar-refractivity contribution is 5.79. The van der Waals surface area contributed by atoms with E-state index in [1.54, 1.807) is 0 Å². The molecule has 1 atom stereocenters. The number of carbonyl (C=O) groups excluding carboxylic acids is 1. The monoisotopic (exact) mass is 230 g/mol. The highest BCUT2D eigenvalue weighted by atomic mass is 16.4. The molecule has 3 N–H and O–H groups in total. The molecule has 0 aromatic rings. The summed E-state index contributed by atoms with van der Waals surface area (Å²) in [6.45, 7) is 7.96. The SMILES string of the molecule is CC(C)NCC(=O)NCC(C(=O)O)C(C)C.